The van der Waals surface area contributed by atoms with Crippen LogP contribution in [0, 0.1) is 5.92 Å². The van der Waals surface area contributed by atoms with Crippen LogP contribution in [0.5, 0.6) is 5.75 Å². The molecule has 1 aromatic rings. The van der Waals surface area contributed by atoms with Crippen molar-refractivity contribution >= 4 is 11.8 Å². The highest BCUT2D eigenvalue weighted by molar-refractivity contribution is 5.93. The summed E-state index contributed by atoms with van der Waals surface area (Å²) in [4.78, 5) is 25.9. The molecule has 7 heteroatoms. The van der Waals surface area contributed by atoms with Crippen LogP contribution in [0.15, 0.2) is 18.2 Å². The minimum absolute atomic E-state index is 0.0789. The molecule has 0 aliphatic carbocycles. The molecule has 2 aliphatic heterocycles. The van der Waals surface area contributed by atoms with Gasteiger partial charge in [-0.1, -0.05) is 6.07 Å². The van der Waals surface area contributed by atoms with Crippen LogP contribution in [0.4, 0.5) is 0 Å². The lowest BCUT2D eigenvalue weighted by atomic mass is 10.00. The summed E-state index contributed by atoms with van der Waals surface area (Å²) in [5.41, 5.74) is 2.76. The lowest BCUT2D eigenvalue weighted by Crippen LogP contribution is -2.40. The monoisotopic (exact) mass is 320 g/mol. The second kappa shape index (κ2) is 6.97. The molecule has 1 aromatic carbocycles. The molecule has 2 heterocycles. The summed E-state index contributed by atoms with van der Waals surface area (Å²) in [6.45, 7) is 2.54. The van der Waals surface area contributed by atoms with Gasteiger partial charge in [0.15, 0.2) is 0 Å². The Hall–Kier alpha value is -2.12. The van der Waals surface area contributed by atoms with E-state index in [1.807, 2.05) is 0 Å². The highest BCUT2D eigenvalue weighted by Gasteiger charge is 2.28. The third-order valence-electron chi connectivity index (χ3n) is 4.23. The van der Waals surface area contributed by atoms with Gasteiger partial charge >= 0.3 is 0 Å². The predicted molar refractivity (Wildman–Crippen MR) is 80.1 cm³/mol. The number of hydroxylamine groups is 1. The average molecular weight is 320 g/mol. The predicted octanol–water partition coefficient (Wildman–Crippen LogP) is 0.953. The van der Waals surface area contributed by atoms with E-state index in [1.54, 1.807) is 28.6 Å². The molecule has 0 bridgehead atoms. The summed E-state index contributed by atoms with van der Waals surface area (Å²) in [6, 6.07) is 4.94. The summed E-state index contributed by atoms with van der Waals surface area (Å²) in [5.74, 6) is -0.00250. The highest BCUT2D eigenvalue weighted by Crippen LogP contribution is 2.26. The fraction of sp³-hybridized carbons (Fsp3) is 0.500. The van der Waals surface area contributed by atoms with E-state index in [0.717, 1.165) is 25.0 Å². The van der Waals surface area contributed by atoms with Crippen LogP contribution < -0.4 is 10.2 Å². The molecule has 0 aromatic heterocycles. The maximum atomic E-state index is 12.6. The van der Waals surface area contributed by atoms with Crippen LogP contribution in [0.2, 0.25) is 0 Å². The molecule has 1 saturated heterocycles. The summed E-state index contributed by atoms with van der Waals surface area (Å²) in [5, 5.41) is 8.70. The molecule has 1 fully saturated rings. The number of fused-ring (bicyclic) bond motifs is 1. The van der Waals surface area contributed by atoms with Gasteiger partial charge in [0.1, 0.15) is 12.4 Å². The first-order chi connectivity index (χ1) is 11.2. The number of benzene rings is 1. The molecule has 7 nitrogen and oxygen atoms in total. The summed E-state index contributed by atoms with van der Waals surface area (Å²) >= 11 is 0. The lowest BCUT2D eigenvalue weighted by molar-refractivity contribution is -0.140. The molecule has 0 spiro atoms. The van der Waals surface area contributed by atoms with Gasteiger partial charge in [0.25, 0.3) is 5.91 Å². The molecule has 2 aliphatic rings. The van der Waals surface area contributed by atoms with Crippen molar-refractivity contribution in [3.8, 4) is 5.75 Å². The molecular weight excluding hydrogens is 300 g/mol. The summed E-state index contributed by atoms with van der Waals surface area (Å²) in [7, 11) is 0. The second-order valence-electron chi connectivity index (χ2n) is 5.79. The molecule has 0 saturated carbocycles. The van der Waals surface area contributed by atoms with Crippen LogP contribution in [-0.4, -0.2) is 48.3 Å². The largest absolute Gasteiger partial charge is 0.491 e. The molecule has 0 radical (unpaired) electrons. The van der Waals surface area contributed by atoms with Crippen molar-refractivity contribution in [2.75, 3.05) is 26.4 Å². The summed E-state index contributed by atoms with van der Waals surface area (Å²) < 4.78 is 11.1. The molecule has 124 valence electrons. The van der Waals surface area contributed by atoms with Crippen molar-refractivity contribution in [2.45, 2.75) is 19.4 Å². The number of nitrogens with one attached hydrogen (secondary N) is 1. The Kier molecular flexibility index (Phi) is 4.78. The zero-order valence-electron chi connectivity index (χ0n) is 12.8. The maximum absolute atomic E-state index is 12.6. The van der Waals surface area contributed by atoms with E-state index in [9.17, 15) is 9.59 Å². The lowest BCUT2D eigenvalue weighted by Gasteiger charge is -2.28. The Labute approximate surface area is 134 Å². The highest BCUT2D eigenvalue weighted by atomic mass is 16.5. The van der Waals surface area contributed by atoms with E-state index < -0.39 is 5.91 Å². The first-order valence-electron chi connectivity index (χ1n) is 7.75. The first-order valence-corrected chi connectivity index (χ1v) is 7.75. The third-order valence-corrected chi connectivity index (χ3v) is 4.23. The number of amides is 2. The van der Waals surface area contributed by atoms with E-state index in [-0.39, 0.29) is 11.8 Å². The first kappa shape index (κ1) is 15.8. The zero-order valence-corrected chi connectivity index (χ0v) is 12.8. The standard InChI is InChI=1S/C16H20N2O5/c19-15(17-21)11-3-4-12-9-18(5-7-23-14(12)8-11)16(20)13-2-1-6-22-10-13/h3-4,8,13,21H,1-2,5-7,9-10H2,(H,17,19)/t13-/m0/s1. The van der Waals surface area contributed by atoms with Crippen molar-refractivity contribution in [1.29, 1.82) is 0 Å². The van der Waals surface area contributed by atoms with Gasteiger partial charge in [-0.3, -0.25) is 14.8 Å². The van der Waals surface area contributed by atoms with E-state index in [0.29, 0.717) is 37.6 Å². The second-order valence-corrected chi connectivity index (χ2v) is 5.79. The molecule has 23 heavy (non-hydrogen) atoms. The van der Waals surface area contributed by atoms with E-state index in [1.165, 1.54) is 0 Å². The van der Waals surface area contributed by atoms with Crippen molar-refractivity contribution in [3.05, 3.63) is 29.3 Å². The minimum Gasteiger partial charge on any atom is -0.491 e. The topological polar surface area (TPSA) is 88.1 Å². The molecule has 3 rings (SSSR count). The zero-order chi connectivity index (χ0) is 16.2. The van der Waals surface area contributed by atoms with E-state index >= 15 is 0 Å². The van der Waals surface area contributed by atoms with Crippen molar-refractivity contribution < 1.29 is 24.3 Å². The van der Waals surface area contributed by atoms with E-state index in [2.05, 4.69) is 0 Å². The van der Waals surface area contributed by atoms with Gasteiger partial charge in [-0.25, -0.2) is 5.48 Å². The minimum atomic E-state index is -0.590. The number of nitrogens with zero attached hydrogens (tertiary/aromatic N) is 1. The van der Waals surface area contributed by atoms with Gasteiger partial charge in [0, 0.05) is 24.3 Å². The normalized spacial score (nSPS) is 20.9. The number of ether oxygens (including phenoxy) is 2. The van der Waals surface area contributed by atoms with Gasteiger partial charge < -0.3 is 14.4 Å². The van der Waals surface area contributed by atoms with Crippen LogP contribution in [0.3, 0.4) is 0 Å². The smallest absolute Gasteiger partial charge is 0.274 e. The fourth-order valence-corrected chi connectivity index (χ4v) is 2.96. The van der Waals surface area contributed by atoms with E-state index in [4.69, 9.17) is 14.7 Å². The number of carbonyl (C=O) groups is 2. The third kappa shape index (κ3) is 3.46. The molecular formula is C16H20N2O5. The Bertz CT molecular complexity index is 598. The fourth-order valence-electron chi connectivity index (χ4n) is 2.96. The number of hydrogen-bond donors (Lipinski definition) is 2. The number of hydrogen-bond acceptors (Lipinski definition) is 5. The van der Waals surface area contributed by atoms with Gasteiger partial charge in [-0.05, 0) is 25.0 Å². The van der Waals surface area contributed by atoms with Crippen molar-refractivity contribution in [3.63, 3.8) is 0 Å². The number of rotatable bonds is 2. The van der Waals surface area contributed by atoms with Crippen LogP contribution in [0.25, 0.3) is 0 Å². The molecule has 2 N–H and O–H groups in total. The van der Waals surface area contributed by atoms with Gasteiger partial charge in [0.05, 0.1) is 19.1 Å². The summed E-state index contributed by atoms with van der Waals surface area (Å²) in [6.07, 6.45) is 1.77. The molecule has 0 unspecified atom stereocenters. The quantitative estimate of drug-likeness (QED) is 0.626. The Morgan fingerprint density at radius 3 is 2.91 bits per heavy atom. The van der Waals surface area contributed by atoms with Crippen molar-refractivity contribution in [2.24, 2.45) is 5.92 Å². The van der Waals surface area contributed by atoms with Gasteiger partial charge in [-0.2, -0.15) is 0 Å². The SMILES string of the molecule is O=C(NO)c1ccc2c(c1)OCCN(C(=O)[C@H]1CCCOC1)C2. The van der Waals surface area contributed by atoms with Gasteiger partial charge in [-0.15, -0.1) is 0 Å². The number of carbonyl (C=O) groups excluding carboxylic acids is 2. The Morgan fingerprint density at radius 1 is 1.30 bits per heavy atom. The van der Waals surface area contributed by atoms with Crippen LogP contribution >= 0.6 is 0 Å². The maximum Gasteiger partial charge on any atom is 0.274 e. The molecule has 1 atom stereocenters. The Balaban J connectivity index is 1.75. The van der Waals surface area contributed by atoms with Gasteiger partial charge in [0.2, 0.25) is 5.91 Å². The van der Waals surface area contributed by atoms with Crippen LogP contribution in [0.1, 0.15) is 28.8 Å². The van der Waals surface area contributed by atoms with Crippen LogP contribution in [-0.2, 0) is 16.1 Å². The molecule has 2 amide bonds. The van der Waals surface area contributed by atoms with Crippen molar-refractivity contribution in [1.82, 2.24) is 10.4 Å². The average Bonchev–Trinajstić information content (AvgIpc) is 2.82. The Morgan fingerprint density at radius 2 is 2.17 bits per heavy atom.